The Labute approximate surface area is 79.5 Å². The van der Waals surface area contributed by atoms with Gasteiger partial charge in [-0.05, 0) is 18.0 Å². The van der Waals surface area contributed by atoms with Crippen LogP contribution in [0.5, 0.6) is 0 Å². The highest BCUT2D eigenvalue weighted by Gasteiger charge is 2.06. The number of carbonyl (C=O) groups is 1. The maximum atomic E-state index is 11.2. The molecule has 6 heteroatoms. The zero-order valence-corrected chi connectivity index (χ0v) is 7.67. The topological polar surface area (TPSA) is 78.7 Å². The number of unbranched alkanes of at least 4 members (excludes halogenated alkanes) is 1. The predicted molar refractivity (Wildman–Crippen MR) is 47.1 cm³/mol. The second kappa shape index (κ2) is 5.22. The van der Waals surface area contributed by atoms with Crippen LogP contribution in [0.25, 0.3) is 0 Å². The van der Waals surface area contributed by atoms with Gasteiger partial charge in [0.15, 0.2) is 0 Å². The number of nitrogens with one attached hydrogen (secondary N) is 1. The molecule has 1 N–H and O–H groups in total. The van der Waals surface area contributed by atoms with Gasteiger partial charge < -0.3 is 5.32 Å². The predicted octanol–water partition coefficient (Wildman–Crippen LogP) is 0.572. The van der Waals surface area contributed by atoms with Gasteiger partial charge in [-0.15, -0.1) is 5.10 Å². The van der Waals surface area contributed by atoms with Crippen LogP contribution in [0.4, 0.5) is 0 Å². The summed E-state index contributed by atoms with van der Waals surface area (Å²) >= 11 is 1.06. The summed E-state index contributed by atoms with van der Waals surface area (Å²) in [7, 11) is 0. The van der Waals surface area contributed by atoms with Crippen molar-refractivity contribution in [2.24, 2.45) is 0 Å². The molecule has 0 bridgehead atoms. The van der Waals surface area contributed by atoms with E-state index >= 15 is 0 Å². The van der Waals surface area contributed by atoms with Gasteiger partial charge in [-0.25, -0.2) is 0 Å². The smallest absolute Gasteiger partial charge is 0.264 e. The van der Waals surface area contributed by atoms with E-state index in [1.165, 1.54) is 6.20 Å². The maximum Gasteiger partial charge on any atom is 0.264 e. The van der Waals surface area contributed by atoms with Crippen molar-refractivity contribution >= 4 is 17.4 Å². The van der Waals surface area contributed by atoms with Gasteiger partial charge in [0.1, 0.15) is 4.88 Å². The van der Waals surface area contributed by atoms with Gasteiger partial charge >= 0.3 is 0 Å². The first-order chi connectivity index (χ1) is 6.34. The van der Waals surface area contributed by atoms with Crippen LogP contribution in [0, 0.1) is 11.3 Å². The van der Waals surface area contributed by atoms with E-state index in [0.717, 1.165) is 11.5 Å². The van der Waals surface area contributed by atoms with Gasteiger partial charge in [-0.2, -0.15) is 5.26 Å². The molecule has 0 aliphatic heterocycles. The summed E-state index contributed by atoms with van der Waals surface area (Å²) in [6, 6.07) is 2.00. The molecule has 0 saturated carbocycles. The molecule has 1 rings (SSSR count). The Morgan fingerprint density at radius 2 is 2.62 bits per heavy atom. The molecule has 0 aliphatic rings. The lowest BCUT2D eigenvalue weighted by atomic mass is 10.3. The van der Waals surface area contributed by atoms with Crippen molar-refractivity contribution in [3.05, 3.63) is 11.1 Å². The van der Waals surface area contributed by atoms with Gasteiger partial charge in [0.25, 0.3) is 5.91 Å². The lowest BCUT2D eigenvalue weighted by Crippen LogP contribution is -2.23. The molecular weight excluding hydrogens is 188 g/mol. The minimum atomic E-state index is -0.173. The number of nitrogens with zero attached hydrogens (tertiary/aromatic N) is 3. The molecule has 1 aromatic rings. The molecule has 1 aromatic heterocycles. The fourth-order valence-corrected chi connectivity index (χ4v) is 1.16. The van der Waals surface area contributed by atoms with E-state index in [-0.39, 0.29) is 5.91 Å². The zero-order valence-electron chi connectivity index (χ0n) is 6.86. The van der Waals surface area contributed by atoms with Gasteiger partial charge in [-0.1, -0.05) is 4.49 Å². The summed E-state index contributed by atoms with van der Waals surface area (Å²) in [6.45, 7) is 0.518. The number of carbonyl (C=O) groups excluding carboxylic acids is 1. The molecule has 13 heavy (non-hydrogen) atoms. The summed E-state index contributed by atoms with van der Waals surface area (Å²) in [6.07, 6.45) is 2.56. The zero-order chi connectivity index (χ0) is 9.52. The normalized spacial score (nSPS) is 9.15. The molecule has 1 heterocycles. The Morgan fingerprint density at radius 1 is 1.77 bits per heavy atom. The SMILES string of the molecule is N#CCCCNC(=O)c1cnns1. The Kier molecular flexibility index (Phi) is 3.85. The first kappa shape index (κ1) is 9.61. The fraction of sp³-hybridized carbons (Fsp3) is 0.429. The lowest BCUT2D eigenvalue weighted by Gasteiger charge is -1.98. The van der Waals surface area contributed by atoms with Gasteiger partial charge in [0.2, 0.25) is 0 Å². The summed E-state index contributed by atoms with van der Waals surface area (Å²) in [5.41, 5.74) is 0. The molecule has 0 saturated heterocycles. The monoisotopic (exact) mass is 196 g/mol. The fourth-order valence-electron chi connectivity index (χ4n) is 0.724. The lowest BCUT2D eigenvalue weighted by molar-refractivity contribution is 0.0957. The molecule has 0 aliphatic carbocycles. The standard InChI is InChI=1S/C7H8N4OS/c8-3-1-2-4-9-7(12)6-5-10-11-13-6/h5H,1-2,4H2,(H,9,12). The van der Waals surface area contributed by atoms with Crippen LogP contribution in [-0.4, -0.2) is 22.0 Å². The number of rotatable bonds is 4. The minimum Gasteiger partial charge on any atom is -0.351 e. The van der Waals surface area contributed by atoms with E-state index in [9.17, 15) is 4.79 Å². The first-order valence-corrected chi connectivity index (χ1v) is 4.54. The van der Waals surface area contributed by atoms with E-state index in [1.807, 2.05) is 6.07 Å². The van der Waals surface area contributed by atoms with Crippen molar-refractivity contribution in [3.8, 4) is 6.07 Å². The van der Waals surface area contributed by atoms with Crippen LogP contribution in [0.1, 0.15) is 22.5 Å². The van der Waals surface area contributed by atoms with E-state index in [2.05, 4.69) is 14.9 Å². The molecule has 0 radical (unpaired) electrons. The molecule has 0 aromatic carbocycles. The molecule has 0 atom stereocenters. The van der Waals surface area contributed by atoms with Crippen LogP contribution >= 0.6 is 11.5 Å². The second-order valence-corrected chi connectivity index (χ2v) is 3.09. The Balaban J connectivity index is 2.24. The number of aromatic nitrogens is 2. The third-order valence-electron chi connectivity index (χ3n) is 1.34. The highest BCUT2D eigenvalue weighted by molar-refractivity contribution is 7.07. The van der Waals surface area contributed by atoms with Gasteiger partial charge in [0.05, 0.1) is 12.3 Å². The molecule has 1 amide bonds. The molecular formula is C7H8N4OS. The van der Waals surface area contributed by atoms with Crippen molar-refractivity contribution in [2.75, 3.05) is 6.54 Å². The van der Waals surface area contributed by atoms with E-state index in [0.29, 0.717) is 24.3 Å². The second-order valence-electron chi connectivity index (χ2n) is 2.30. The molecule has 0 fully saturated rings. The van der Waals surface area contributed by atoms with Crippen molar-refractivity contribution in [3.63, 3.8) is 0 Å². The maximum absolute atomic E-state index is 11.2. The van der Waals surface area contributed by atoms with Crippen LogP contribution in [0.3, 0.4) is 0 Å². The van der Waals surface area contributed by atoms with Crippen molar-refractivity contribution in [2.45, 2.75) is 12.8 Å². The minimum absolute atomic E-state index is 0.173. The molecule has 5 nitrogen and oxygen atoms in total. The highest BCUT2D eigenvalue weighted by Crippen LogP contribution is 2.00. The summed E-state index contributed by atoms with van der Waals surface area (Å²) < 4.78 is 3.57. The molecule has 0 unspecified atom stereocenters. The molecule has 0 spiro atoms. The van der Waals surface area contributed by atoms with E-state index < -0.39 is 0 Å². The quantitative estimate of drug-likeness (QED) is 0.714. The van der Waals surface area contributed by atoms with Crippen molar-refractivity contribution < 1.29 is 4.79 Å². The third-order valence-corrected chi connectivity index (χ3v) is 2.00. The number of nitriles is 1. The van der Waals surface area contributed by atoms with E-state index in [4.69, 9.17) is 5.26 Å². The van der Waals surface area contributed by atoms with Crippen LogP contribution in [0.15, 0.2) is 6.20 Å². The van der Waals surface area contributed by atoms with Crippen LogP contribution < -0.4 is 5.32 Å². The highest BCUT2D eigenvalue weighted by atomic mass is 32.1. The van der Waals surface area contributed by atoms with Crippen LogP contribution in [0.2, 0.25) is 0 Å². The number of hydrogen-bond acceptors (Lipinski definition) is 5. The largest absolute Gasteiger partial charge is 0.351 e. The molecule has 68 valence electrons. The van der Waals surface area contributed by atoms with Crippen LogP contribution in [-0.2, 0) is 0 Å². The van der Waals surface area contributed by atoms with Gasteiger partial charge in [-0.3, -0.25) is 4.79 Å². The number of amides is 1. The average molecular weight is 196 g/mol. The summed E-state index contributed by atoms with van der Waals surface area (Å²) in [4.78, 5) is 11.7. The van der Waals surface area contributed by atoms with Gasteiger partial charge in [0, 0.05) is 13.0 Å². The van der Waals surface area contributed by atoms with Crippen molar-refractivity contribution in [1.29, 1.82) is 5.26 Å². The Hall–Kier alpha value is -1.48. The summed E-state index contributed by atoms with van der Waals surface area (Å²) in [5, 5.41) is 14.4. The number of hydrogen-bond donors (Lipinski definition) is 1. The summed E-state index contributed by atoms with van der Waals surface area (Å²) in [5.74, 6) is -0.173. The average Bonchev–Trinajstić information content (AvgIpc) is 2.65. The Morgan fingerprint density at radius 3 is 3.23 bits per heavy atom. The first-order valence-electron chi connectivity index (χ1n) is 3.77. The van der Waals surface area contributed by atoms with Crippen molar-refractivity contribution in [1.82, 2.24) is 14.9 Å². The Bertz CT molecular complexity index is 303. The van der Waals surface area contributed by atoms with E-state index in [1.54, 1.807) is 0 Å². The third kappa shape index (κ3) is 3.17.